The molecule has 0 N–H and O–H groups in total. The Morgan fingerprint density at radius 3 is 2.73 bits per heavy atom. The molecule has 0 bridgehead atoms. The second-order valence-corrected chi connectivity index (χ2v) is 6.75. The molecule has 6 nitrogen and oxygen atoms in total. The van der Waals surface area contributed by atoms with E-state index in [0.29, 0.717) is 12.2 Å². The number of aromatic nitrogens is 3. The molecule has 0 spiro atoms. The highest BCUT2D eigenvalue weighted by molar-refractivity contribution is 5.77. The summed E-state index contributed by atoms with van der Waals surface area (Å²) in [6.45, 7) is 4.66. The van der Waals surface area contributed by atoms with E-state index in [4.69, 9.17) is 4.74 Å². The molecule has 1 aliphatic rings. The zero-order valence-corrected chi connectivity index (χ0v) is 15.7. The van der Waals surface area contributed by atoms with Crippen LogP contribution < -0.4 is 10.4 Å². The van der Waals surface area contributed by atoms with Gasteiger partial charge in [0.25, 0.3) is 5.91 Å². The van der Waals surface area contributed by atoms with Crippen LogP contribution >= 0.6 is 0 Å². The highest BCUT2D eigenvalue weighted by Gasteiger charge is 2.24. The van der Waals surface area contributed by atoms with E-state index in [9.17, 15) is 9.59 Å². The molecule has 1 aromatic carbocycles. The number of benzene rings is 1. The van der Waals surface area contributed by atoms with Gasteiger partial charge >= 0.3 is 5.69 Å². The van der Waals surface area contributed by atoms with Crippen LogP contribution in [0.25, 0.3) is 5.69 Å². The molecule has 2 aromatic rings. The van der Waals surface area contributed by atoms with Crippen molar-refractivity contribution in [3.63, 3.8) is 0 Å². The minimum absolute atomic E-state index is 0.258. The van der Waals surface area contributed by atoms with Gasteiger partial charge in [-0.15, -0.1) is 9.78 Å². The molecule has 26 heavy (non-hydrogen) atoms. The summed E-state index contributed by atoms with van der Waals surface area (Å²) in [5.74, 6) is 1.21. The van der Waals surface area contributed by atoms with Crippen LogP contribution in [-0.4, -0.2) is 26.9 Å². The topological polar surface area (TPSA) is 66.1 Å². The van der Waals surface area contributed by atoms with Crippen molar-refractivity contribution in [3.8, 4) is 11.4 Å². The number of carbonyl (C=O) groups excluding carboxylic acids is 1. The highest BCUT2D eigenvalue weighted by Crippen LogP contribution is 2.26. The molecule has 0 fully saturated rings. The summed E-state index contributed by atoms with van der Waals surface area (Å²) in [5, 5.41) is 4.21. The van der Waals surface area contributed by atoms with E-state index in [1.54, 1.807) is 11.5 Å². The molecule has 0 aliphatic carbocycles. The van der Waals surface area contributed by atoms with Crippen LogP contribution in [0.1, 0.15) is 68.6 Å². The summed E-state index contributed by atoms with van der Waals surface area (Å²) in [6.07, 6.45) is 7.74. The molecular weight excluding hydrogens is 330 g/mol. The molecule has 1 aromatic heterocycles. The van der Waals surface area contributed by atoms with E-state index in [1.807, 2.05) is 18.2 Å². The zero-order chi connectivity index (χ0) is 18.5. The Balaban J connectivity index is 1.73. The minimum atomic E-state index is -0.377. The second-order valence-electron chi connectivity index (χ2n) is 6.75. The van der Waals surface area contributed by atoms with Crippen molar-refractivity contribution in [1.29, 1.82) is 0 Å². The molecule has 2 heterocycles. The Labute approximate surface area is 153 Å². The minimum Gasteiger partial charge on any atom is -0.494 e. The van der Waals surface area contributed by atoms with Gasteiger partial charge in [0.2, 0.25) is 0 Å². The average molecular weight is 357 g/mol. The molecule has 3 rings (SSSR count). The van der Waals surface area contributed by atoms with E-state index in [-0.39, 0.29) is 18.0 Å². The van der Waals surface area contributed by atoms with Crippen LogP contribution in [0.5, 0.6) is 5.75 Å². The van der Waals surface area contributed by atoms with Crippen molar-refractivity contribution in [3.05, 3.63) is 40.1 Å². The summed E-state index contributed by atoms with van der Waals surface area (Å²) in [6, 6.07) is 5.80. The molecule has 0 radical (unpaired) electrons. The first-order chi connectivity index (χ1) is 12.7. The van der Waals surface area contributed by atoms with Gasteiger partial charge in [-0.25, -0.2) is 9.36 Å². The average Bonchev–Trinajstić information content (AvgIpc) is 3.01. The Morgan fingerprint density at radius 2 is 1.96 bits per heavy atom. The summed E-state index contributed by atoms with van der Waals surface area (Å²) in [4.78, 5) is 24.5. The van der Waals surface area contributed by atoms with Gasteiger partial charge in [0.05, 0.1) is 12.3 Å². The first-order valence-electron chi connectivity index (χ1n) is 9.66. The number of fused-ring (bicyclic) bond motifs is 3. The maximum atomic E-state index is 12.6. The van der Waals surface area contributed by atoms with Crippen LogP contribution in [0.15, 0.2) is 23.0 Å². The Morgan fingerprint density at radius 1 is 1.15 bits per heavy atom. The van der Waals surface area contributed by atoms with Crippen molar-refractivity contribution in [1.82, 2.24) is 14.3 Å². The number of rotatable bonds is 8. The number of hydrogen-bond acceptors (Lipinski definition) is 4. The molecule has 0 amide bonds. The Kier molecular flexibility index (Phi) is 5.91. The molecule has 6 heteroatoms. The van der Waals surface area contributed by atoms with E-state index >= 15 is 0 Å². The summed E-state index contributed by atoms with van der Waals surface area (Å²) >= 11 is 0. The molecular formula is C20H27N3O3. The van der Waals surface area contributed by atoms with Gasteiger partial charge in [0, 0.05) is 12.8 Å². The number of carbonyl (C=O) groups is 1. The second kappa shape index (κ2) is 8.34. The third-order valence-electron chi connectivity index (χ3n) is 4.81. The Hall–Kier alpha value is -2.37. The van der Waals surface area contributed by atoms with Crippen LogP contribution in [0, 0.1) is 0 Å². The molecule has 1 aliphatic heterocycles. The van der Waals surface area contributed by atoms with Crippen molar-refractivity contribution in [2.24, 2.45) is 0 Å². The normalized spacial score (nSPS) is 12.5. The smallest absolute Gasteiger partial charge is 0.357 e. The quantitative estimate of drug-likeness (QED) is 0.678. The highest BCUT2D eigenvalue weighted by atomic mass is 16.5. The summed E-state index contributed by atoms with van der Waals surface area (Å²) in [7, 11) is 0. The van der Waals surface area contributed by atoms with Crippen molar-refractivity contribution in [2.75, 3.05) is 6.61 Å². The third kappa shape index (κ3) is 3.74. The van der Waals surface area contributed by atoms with E-state index in [2.05, 4.69) is 12.0 Å². The fourth-order valence-electron chi connectivity index (χ4n) is 3.34. The van der Waals surface area contributed by atoms with Gasteiger partial charge in [-0.1, -0.05) is 39.5 Å². The van der Waals surface area contributed by atoms with E-state index in [0.717, 1.165) is 41.1 Å². The molecule has 0 saturated carbocycles. The van der Waals surface area contributed by atoms with Gasteiger partial charge in [-0.2, -0.15) is 0 Å². The first-order valence-corrected chi connectivity index (χ1v) is 9.66. The number of hydrogen-bond donors (Lipinski definition) is 0. The lowest BCUT2D eigenvalue weighted by Gasteiger charge is -2.18. The fourth-order valence-corrected chi connectivity index (χ4v) is 3.34. The van der Waals surface area contributed by atoms with Crippen molar-refractivity contribution >= 4 is 5.91 Å². The SMILES string of the molecule is CCCCCCCOc1ccc2c(c1)CCc1nn(C(=O)CC)c(=O)n1-2. The number of unbranched alkanes of at least 4 members (excludes halogenated alkanes) is 4. The van der Waals surface area contributed by atoms with E-state index < -0.39 is 0 Å². The maximum absolute atomic E-state index is 12.6. The van der Waals surface area contributed by atoms with E-state index in [1.165, 1.54) is 25.7 Å². The van der Waals surface area contributed by atoms with Gasteiger partial charge < -0.3 is 4.74 Å². The number of nitrogens with zero attached hydrogens (tertiary/aromatic N) is 3. The lowest BCUT2D eigenvalue weighted by atomic mass is 10.0. The standard InChI is InChI=1S/C20H27N3O3/c1-3-5-6-7-8-13-26-16-10-11-17-15(14-16)9-12-18-21-23(19(24)4-2)20(25)22(17)18/h10-11,14H,3-9,12-13H2,1-2H3. The lowest BCUT2D eigenvalue weighted by molar-refractivity contribution is 0.0887. The van der Waals surface area contributed by atoms with Crippen LogP contribution in [0.4, 0.5) is 0 Å². The number of aryl methyl sites for hydroxylation is 2. The lowest BCUT2D eigenvalue weighted by Crippen LogP contribution is -2.30. The van der Waals surface area contributed by atoms with Gasteiger partial charge in [0.1, 0.15) is 11.6 Å². The summed E-state index contributed by atoms with van der Waals surface area (Å²) < 4.78 is 8.42. The third-order valence-corrected chi connectivity index (χ3v) is 4.81. The van der Waals surface area contributed by atoms with Gasteiger partial charge in [-0.3, -0.25) is 4.79 Å². The van der Waals surface area contributed by atoms with Crippen molar-refractivity contribution < 1.29 is 9.53 Å². The van der Waals surface area contributed by atoms with Crippen LogP contribution in [0.3, 0.4) is 0 Å². The predicted molar refractivity (Wildman–Crippen MR) is 100 cm³/mol. The van der Waals surface area contributed by atoms with Crippen LogP contribution in [-0.2, 0) is 12.8 Å². The molecule has 0 saturated heterocycles. The molecule has 0 atom stereocenters. The maximum Gasteiger partial charge on any atom is 0.357 e. The monoisotopic (exact) mass is 357 g/mol. The zero-order valence-electron chi connectivity index (χ0n) is 15.7. The predicted octanol–water partition coefficient (Wildman–Crippen LogP) is 3.53. The van der Waals surface area contributed by atoms with Crippen LogP contribution in [0.2, 0.25) is 0 Å². The molecule has 0 unspecified atom stereocenters. The van der Waals surface area contributed by atoms with Crippen molar-refractivity contribution in [2.45, 2.75) is 65.2 Å². The largest absolute Gasteiger partial charge is 0.494 e. The molecule has 140 valence electrons. The summed E-state index contributed by atoms with van der Waals surface area (Å²) in [5.41, 5.74) is 1.49. The van der Waals surface area contributed by atoms with Gasteiger partial charge in [-0.05, 0) is 36.6 Å². The Bertz CT molecular complexity index is 835. The number of ether oxygens (including phenoxy) is 1. The first kappa shape index (κ1) is 18.4. The van der Waals surface area contributed by atoms with Gasteiger partial charge in [0.15, 0.2) is 0 Å². The fraction of sp³-hybridized carbons (Fsp3) is 0.550.